The van der Waals surface area contributed by atoms with E-state index in [1.807, 2.05) is 23.1 Å². The Balaban J connectivity index is 1.52. The van der Waals surface area contributed by atoms with Crippen LogP contribution in [0, 0.1) is 0 Å². The second kappa shape index (κ2) is 12.2. The zero-order valence-electron chi connectivity index (χ0n) is 19.8. The number of nitrogens with zero attached hydrogens (tertiary/aromatic N) is 2. The lowest BCUT2D eigenvalue weighted by atomic mass is 9.94. The molecule has 1 aromatic rings. The number of hydrogen-bond acceptors (Lipinski definition) is 6. The molecule has 3 fully saturated rings. The fourth-order valence-corrected chi connectivity index (χ4v) is 6.44. The molecule has 1 saturated heterocycles. The molecule has 0 unspecified atom stereocenters. The first-order valence-electron chi connectivity index (χ1n) is 12.4. The van der Waals surface area contributed by atoms with Gasteiger partial charge in [0.25, 0.3) is 5.91 Å². The molecule has 0 atom stereocenters. The highest BCUT2D eigenvalue weighted by molar-refractivity contribution is 9.10. The van der Waals surface area contributed by atoms with Gasteiger partial charge in [-0.05, 0) is 84.1 Å². The molecule has 0 N–H and O–H groups in total. The van der Waals surface area contributed by atoms with Gasteiger partial charge in [0, 0.05) is 6.04 Å². The summed E-state index contributed by atoms with van der Waals surface area (Å²) in [5.74, 6) is 0.232. The Morgan fingerprint density at radius 1 is 1.15 bits per heavy atom. The van der Waals surface area contributed by atoms with Gasteiger partial charge in [-0.25, -0.2) is 4.79 Å². The van der Waals surface area contributed by atoms with Crippen molar-refractivity contribution in [3.8, 4) is 5.75 Å². The first-order valence-corrected chi connectivity index (χ1v) is 14.0. The first-order chi connectivity index (χ1) is 16.5. The number of esters is 1. The molecule has 2 saturated carbocycles. The van der Waals surface area contributed by atoms with Crippen LogP contribution >= 0.6 is 27.7 Å². The van der Waals surface area contributed by atoms with Gasteiger partial charge in [-0.15, -0.1) is 0 Å². The number of amidine groups is 1. The number of ether oxygens (including phenoxy) is 2. The molecule has 8 heteroatoms. The van der Waals surface area contributed by atoms with E-state index in [1.54, 1.807) is 13.0 Å². The van der Waals surface area contributed by atoms with Crippen molar-refractivity contribution in [1.82, 2.24) is 4.90 Å². The predicted octanol–water partition coefficient (Wildman–Crippen LogP) is 6.33. The van der Waals surface area contributed by atoms with Crippen molar-refractivity contribution in [2.24, 2.45) is 4.99 Å². The summed E-state index contributed by atoms with van der Waals surface area (Å²) < 4.78 is 11.2. The maximum Gasteiger partial charge on any atom is 0.344 e. The smallest absolute Gasteiger partial charge is 0.344 e. The summed E-state index contributed by atoms with van der Waals surface area (Å²) in [5, 5.41) is 0.892. The van der Waals surface area contributed by atoms with Gasteiger partial charge in [-0.1, -0.05) is 44.6 Å². The minimum absolute atomic E-state index is 0.0743. The Morgan fingerprint density at radius 3 is 2.53 bits per heavy atom. The fourth-order valence-electron chi connectivity index (χ4n) is 4.82. The molecular formula is C26H33BrN2O4S. The van der Waals surface area contributed by atoms with Crippen molar-refractivity contribution in [2.75, 3.05) is 13.2 Å². The van der Waals surface area contributed by atoms with E-state index < -0.39 is 5.97 Å². The molecule has 0 spiro atoms. The normalized spacial score (nSPS) is 22.5. The van der Waals surface area contributed by atoms with Gasteiger partial charge >= 0.3 is 5.97 Å². The molecule has 0 aromatic heterocycles. The highest BCUT2D eigenvalue weighted by Gasteiger charge is 2.39. The van der Waals surface area contributed by atoms with Crippen LogP contribution in [-0.2, 0) is 14.3 Å². The van der Waals surface area contributed by atoms with Gasteiger partial charge in [0.2, 0.25) is 0 Å². The van der Waals surface area contributed by atoms with E-state index in [-0.39, 0.29) is 18.6 Å². The lowest BCUT2D eigenvalue weighted by Crippen LogP contribution is -2.41. The van der Waals surface area contributed by atoms with Gasteiger partial charge in [-0.2, -0.15) is 0 Å². The highest BCUT2D eigenvalue weighted by Crippen LogP contribution is 2.39. The number of halogens is 1. The van der Waals surface area contributed by atoms with Crippen molar-refractivity contribution >= 4 is 50.8 Å². The zero-order valence-corrected chi connectivity index (χ0v) is 22.2. The number of rotatable bonds is 7. The molecule has 34 heavy (non-hydrogen) atoms. The Bertz CT molecular complexity index is 952. The molecule has 184 valence electrons. The lowest BCUT2D eigenvalue weighted by molar-refractivity contribution is -0.145. The predicted molar refractivity (Wildman–Crippen MR) is 140 cm³/mol. The quantitative estimate of drug-likeness (QED) is 0.294. The van der Waals surface area contributed by atoms with Crippen LogP contribution < -0.4 is 4.74 Å². The van der Waals surface area contributed by atoms with Gasteiger partial charge in [0.1, 0.15) is 5.75 Å². The number of benzene rings is 1. The number of carbonyl (C=O) groups is 2. The number of thioether (sulfide) groups is 1. The standard InChI is InChI=1S/C26H33BrN2O4S/c1-2-32-24(30)17-33-22-14-13-18(15-21(22)27)16-23-25(31)29(20-11-7-4-8-12-20)26(34-23)28-19-9-5-3-6-10-19/h13-16,19-20H,2-12,17H2,1H3. The summed E-state index contributed by atoms with van der Waals surface area (Å²) in [4.78, 5) is 32.9. The summed E-state index contributed by atoms with van der Waals surface area (Å²) in [6, 6.07) is 6.19. The van der Waals surface area contributed by atoms with Gasteiger partial charge in [0.15, 0.2) is 11.8 Å². The van der Waals surface area contributed by atoms with E-state index in [2.05, 4.69) is 15.9 Å². The average Bonchev–Trinajstić information content (AvgIpc) is 3.14. The van der Waals surface area contributed by atoms with E-state index >= 15 is 0 Å². The van der Waals surface area contributed by atoms with Crippen LogP contribution in [0.5, 0.6) is 5.75 Å². The molecule has 4 rings (SSSR count). The van der Waals surface area contributed by atoms with E-state index in [4.69, 9.17) is 14.5 Å². The Kier molecular flexibility index (Phi) is 9.11. The third-order valence-electron chi connectivity index (χ3n) is 6.55. The molecule has 1 amide bonds. The van der Waals surface area contributed by atoms with Gasteiger partial charge in [-0.3, -0.25) is 14.7 Å². The summed E-state index contributed by atoms with van der Waals surface area (Å²) in [7, 11) is 0. The third kappa shape index (κ3) is 6.45. The van der Waals surface area contributed by atoms with Crippen LogP contribution in [0.2, 0.25) is 0 Å². The van der Waals surface area contributed by atoms with Crippen molar-refractivity contribution < 1.29 is 19.1 Å². The molecule has 6 nitrogen and oxygen atoms in total. The fraction of sp³-hybridized carbons (Fsp3) is 0.577. The van der Waals surface area contributed by atoms with Crippen molar-refractivity contribution in [1.29, 1.82) is 0 Å². The minimum Gasteiger partial charge on any atom is -0.481 e. The monoisotopic (exact) mass is 548 g/mol. The third-order valence-corrected chi connectivity index (χ3v) is 8.17. The number of aliphatic imine (C=N–C) groups is 1. The number of hydrogen-bond donors (Lipinski definition) is 0. The Morgan fingerprint density at radius 2 is 1.85 bits per heavy atom. The van der Waals surface area contributed by atoms with E-state index in [9.17, 15) is 9.59 Å². The molecule has 1 aliphatic heterocycles. The van der Waals surface area contributed by atoms with Crippen molar-refractivity contribution in [2.45, 2.75) is 83.2 Å². The highest BCUT2D eigenvalue weighted by atomic mass is 79.9. The lowest BCUT2D eigenvalue weighted by Gasteiger charge is -2.31. The van der Waals surface area contributed by atoms with Crippen LogP contribution in [0.1, 0.15) is 76.7 Å². The SMILES string of the molecule is CCOC(=O)COc1ccc(C=C2SC(=NC3CCCCC3)N(C3CCCCC3)C2=O)cc1Br. The molecular weight excluding hydrogens is 516 g/mol. The van der Waals surface area contributed by atoms with Crippen LogP contribution in [-0.4, -0.2) is 47.2 Å². The summed E-state index contributed by atoms with van der Waals surface area (Å²) in [6.45, 7) is 1.95. The zero-order chi connectivity index (χ0) is 23.9. The molecule has 1 aromatic carbocycles. The van der Waals surface area contributed by atoms with Crippen LogP contribution in [0.3, 0.4) is 0 Å². The molecule has 1 heterocycles. The van der Waals surface area contributed by atoms with E-state index in [0.717, 1.165) is 40.9 Å². The number of carbonyl (C=O) groups excluding carboxylic acids is 2. The topological polar surface area (TPSA) is 68.2 Å². The second-order valence-electron chi connectivity index (χ2n) is 9.06. The summed E-state index contributed by atoms with van der Waals surface area (Å²) in [5.41, 5.74) is 0.897. The Hall–Kier alpha value is -1.80. The van der Waals surface area contributed by atoms with Gasteiger partial charge in [0.05, 0.1) is 22.0 Å². The number of amides is 1. The molecule has 2 aliphatic carbocycles. The maximum atomic E-state index is 13.5. The van der Waals surface area contributed by atoms with E-state index in [0.29, 0.717) is 23.3 Å². The van der Waals surface area contributed by atoms with Gasteiger partial charge < -0.3 is 9.47 Å². The Labute approximate surface area is 214 Å². The second-order valence-corrected chi connectivity index (χ2v) is 10.9. The van der Waals surface area contributed by atoms with Crippen LogP contribution in [0.15, 0.2) is 32.6 Å². The largest absolute Gasteiger partial charge is 0.481 e. The summed E-state index contributed by atoms with van der Waals surface area (Å²) in [6.07, 6.45) is 13.6. The maximum absolute atomic E-state index is 13.5. The van der Waals surface area contributed by atoms with Crippen LogP contribution in [0.4, 0.5) is 0 Å². The molecule has 0 bridgehead atoms. The van der Waals surface area contributed by atoms with E-state index in [1.165, 1.54) is 50.3 Å². The first kappa shape index (κ1) is 25.3. The molecule has 0 radical (unpaired) electrons. The van der Waals surface area contributed by atoms with Crippen LogP contribution in [0.25, 0.3) is 6.08 Å². The van der Waals surface area contributed by atoms with Crippen molar-refractivity contribution in [3.63, 3.8) is 0 Å². The summed E-state index contributed by atoms with van der Waals surface area (Å²) >= 11 is 5.04. The minimum atomic E-state index is -0.402. The average molecular weight is 550 g/mol. The van der Waals surface area contributed by atoms with Crippen molar-refractivity contribution in [3.05, 3.63) is 33.1 Å². The molecule has 3 aliphatic rings.